The number of nitrogens with zero attached hydrogens (tertiary/aromatic N) is 2. The van der Waals surface area contributed by atoms with E-state index in [0.717, 1.165) is 17.9 Å². The quantitative estimate of drug-likeness (QED) is 0.810. The van der Waals surface area contributed by atoms with E-state index in [9.17, 15) is 0 Å². The molecule has 4 heteroatoms. The minimum absolute atomic E-state index is 0.571. The molecule has 3 N–H and O–H groups in total. The molecular weight excluding hydrogens is 200 g/mol. The summed E-state index contributed by atoms with van der Waals surface area (Å²) in [4.78, 5) is 7.95. The zero-order chi connectivity index (χ0) is 11.2. The number of hydrogen-bond acceptors (Lipinski definition) is 4. The van der Waals surface area contributed by atoms with Gasteiger partial charge in [0.2, 0.25) is 0 Å². The Morgan fingerprint density at radius 3 is 2.81 bits per heavy atom. The molecule has 0 saturated heterocycles. The highest BCUT2D eigenvalue weighted by Gasteiger charge is 1.95. The number of anilines is 1. The molecule has 0 radical (unpaired) electrons. The van der Waals surface area contributed by atoms with Crippen LogP contribution in [0, 0.1) is 0 Å². The van der Waals surface area contributed by atoms with Gasteiger partial charge in [-0.15, -0.1) is 0 Å². The Morgan fingerprint density at radius 1 is 1.19 bits per heavy atom. The van der Waals surface area contributed by atoms with E-state index in [1.54, 1.807) is 6.20 Å². The second-order valence-electron chi connectivity index (χ2n) is 3.47. The van der Waals surface area contributed by atoms with E-state index < -0.39 is 0 Å². The molecule has 1 heterocycles. The summed E-state index contributed by atoms with van der Waals surface area (Å²) >= 11 is 0. The number of benzene rings is 1. The van der Waals surface area contributed by atoms with Crippen molar-refractivity contribution in [3.63, 3.8) is 0 Å². The molecule has 0 saturated carbocycles. The van der Waals surface area contributed by atoms with E-state index in [4.69, 9.17) is 5.73 Å². The van der Waals surface area contributed by atoms with Gasteiger partial charge in [0.05, 0.1) is 0 Å². The fourth-order valence-corrected chi connectivity index (χ4v) is 1.45. The van der Waals surface area contributed by atoms with Crippen LogP contribution in [0.3, 0.4) is 0 Å². The topological polar surface area (TPSA) is 63.8 Å². The summed E-state index contributed by atoms with van der Waals surface area (Å²) in [7, 11) is 0. The van der Waals surface area contributed by atoms with Crippen molar-refractivity contribution < 1.29 is 0 Å². The third-order valence-electron chi connectivity index (χ3n) is 2.28. The van der Waals surface area contributed by atoms with Crippen molar-refractivity contribution in [2.24, 2.45) is 5.73 Å². The Bertz CT molecular complexity index is 442. The molecule has 0 aliphatic heterocycles. The van der Waals surface area contributed by atoms with Crippen molar-refractivity contribution in [1.82, 2.24) is 9.97 Å². The van der Waals surface area contributed by atoms with Crippen molar-refractivity contribution in [3.05, 3.63) is 54.0 Å². The summed E-state index contributed by atoms with van der Waals surface area (Å²) in [5.41, 5.74) is 7.92. The molecule has 0 atom stereocenters. The van der Waals surface area contributed by atoms with Crippen molar-refractivity contribution in [3.8, 4) is 0 Å². The second-order valence-corrected chi connectivity index (χ2v) is 3.47. The van der Waals surface area contributed by atoms with E-state index >= 15 is 0 Å². The summed E-state index contributed by atoms with van der Waals surface area (Å²) in [5.74, 6) is 0.827. The first-order chi connectivity index (χ1) is 7.88. The molecule has 0 aliphatic carbocycles. The molecular formula is C12H14N4. The summed E-state index contributed by atoms with van der Waals surface area (Å²) in [6.07, 6.45) is 3.24. The lowest BCUT2D eigenvalue weighted by Crippen LogP contribution is -2.03. The van der Waals surface area contributed by atoms with E-state index in [2.05, 4.69) is 27.4 Å². The monoisotopic (exact) mass is 214 g/mol. The zero-order valence-electron chi connectivity index (χ0n) is 8.93. The minimum Gasteiger partial charge on any atom is -0.366 e. The van der Waals surface area contributed by atoms with Crippen LogP contribution in [0.5, 0.6) is 0 Å². The van der Waals surface area contributed by atoms with E-state index in [0.29, 0.717) is 6.54 Å². The molecule has 2 rings (SSSR count). The number of nitrogens with two attached hydrogens (primary N) is 1. The third kappa shape index (κ3) is 2.77. The molecule has 0 fully saturated rings. The van der Waals surface area contributed by atoms with Gasteiger partial charge in [0.15, 0.2) is 0 Å². The van der Waals surface area contributed by atoms with Crippen LogP contribution in [-0.2, 0) is 13.1 Å². The molecule has 16 heavy (non-hydrogen) atoms. The van der Waals surface area contributed by atoms with Gasteiger partial charge in [-0.3, -0.25) is 0 Å². The fraction of sp³-hybridized carbons (Fsp3) is 0.167. The Kier molecular flexibility index (Phi) is 3.46. The van der Waals surface area contributed by atoms with Crippen LogP contribution >= 0.6 is 0 Å². The van der Waals surface area contributed by atoms with Gasteiger partial charge in [-0.1, -0.05) is 24.3 Å². The third-order valence-corrected chi connectivity index (χ3v) is 2.28. The van der Waals surface area contributed by atoms with Gasteiger partial charge in [0.1, 0.15) is 12.1 Å². The highest BCUT2D eigenvalue weighted by Crippen LogP contribution is 2.07. The summed E-state index contributed by atoms with van der Waals surface area (Å²) in [6, 6.07) is 10.0. The Morgan fingerprint density at radius 2 is 2.06 bits per heavy atom. The Labute approximate surface area is 94.5 Å². The Balaban J connectivity index is 1.99. The Hall–Kier alpha value is -1.94. The lowest BCUT2D eigenvalue weighted by atomic mass is 10.1. The first-order valence-electron chi connectivity index (χ1n) is 5.16. The predicted octanol–water partition coefficient (Wildman–Crippen LogP) is 1.55. The van der Waals surface area contributed by atoms with E-state index in [1.165, 1.54) is 11.9 Å². The molecule has 0 amide bonds. The number of rotatable bonds is 4. The molecule has 1 aromatic heterocycles. The van der Waals surface area contributed by atoms with Crippen LogP contribution in [0.2, 0.25) is 0 Å². The van der Waals surface area contributed by atoms with Gasteiger partial charge in [-0.05, 0) is 17.2 Å². The summed E-state index contributed by atoms with van der Waals surface area (Å²) < 4.78 is 0. The van der Waals surface area contributed by atoms with Gasteiger partial charge < -0.3 is 11.1 Å². The van der Waals surface area contributed by atoms with Crippen LogP contribution in [0.25, 0.3) is 0 Å². The maximum atomic E-state index is 5.58. The average molecular weight is 214 g/mol. The molecule has 0 spiro atoms. The normalized spacial score (nSPS) is 10.1. The predicted molar refractivity (Wildman–Crippen MR) is 63.7 cm³/mol. The molecule has 0 bridgehead atoms. The van der Waals surface area contributed by atoms with E-state index in [-0.39, 0.29) is 0 Å². The van der Waals surface area contributed by atoms with Gasteiger partial charge in [0.25, 0.3) is 0 Å². The van der Waals surface area contributed by atoms with Crippen LogP contribution in [0.4, 0.5) is 5.82 Å². The number of hydrogen-bond donors (Lipinski definition) is 2. The lowest BCUT2D eigenvalue weighted by molar-refractivity contribution is 1.04. The van der Waals surface area contributed by atoms with Crippen LogP contribution in [-0.4, -0.2) is 9.97 Å². The molecule has 2 aromatic rings. The standard InChI is InChI=1S/C12H14N4/c13-7-10-2-1-3-11(6-10)8-15-12-4-5-14-9-16-12/h1-6,9H,7-8,13H2,(H,14,15,16). The highest BCUT2D eigenvalue weighted by molar-refractivity contribution is 5.34. The van der Waals surface area contributed by atoms with Gasteiger partial charge in [-0.2, -0.15) is 0 Å². The van der Waals surface area contributed by atoms with Crippen LogP contribution in [0.15, 0.2) is 42.9 Å². The van der Waals surface area contributed by atoms with Crippen molar-refractivity contribution >= 4 is 5.82 Å². The summed E-state index contributed by atoms with van der Waals surface area (Å²) in [5, 5.41) is 3.22. The molecule has 0 unspecified atom stereocenters. The molecule has 0 aliphatic rings. The van der Waals surface area contributed by atoms with Crippen LogP contribution < -0.4 is 11.1 Å². The lowest BCUT2D eigenvalue weighted by Gasteiger charge is -2.06. The first kappa shape index (κ1) is 10.6. The highest BCUT2D eigenvalue weighted by atomic mass is 15.0. The number of nitrogens with one attached hydrogen (secondary N) is 1. The van der Waals surface area contributed by atoms with Crippen LogP contribution in [0.1, 0.15) is 11.1 Å². The van der Waals surface area contributed by atoms with Crippen molar-refractivity contribution in [2.45, 2.75) is 13.1 Å². The van der Waals surface area contributed by atoms with Gasteiger partial charge in [-0.25, -0.2) is 9.97 Å². The zero-order valence-corrected chi connectivity index (χ0v) is 8.93. The second kappa shape index (κ2) is 5.23. The molecule has 4 nitrogen and oxygen atoms in total. The first-order valence-corrected chi connectivity index (χ1v) is 5.16. The average Bonchev–Trinajstić information content (AvgIpc) is 2.38. The van der Waals surface area contributed by atoms with E-state index in [1.807, 2.05) is 18.2 Å². The van der Waals surface area contributed by atoms with Gasteiger partial charge in [0, 0.05) is 19.3 Å². The largest absolute Gasteiger partial charge is 0.366 e. The summed E-state index contributed by atoms with van der Waals surface area (Å²) in [6.45, 7) is 1.31. The maximum Gasteiger partial charge on any atom is 0.129 e. The maximum absolute atomic E-state index is 5.58. The smallest absolute Gasteiger partial charge is 0.129 e. The SMILES string of the molecule is NCc1cccc(CNc2ccncn2)c1. The minimum atomic E-state index is 0.571. The fourth-order valence-electron chi connectivity index (χ4n) is 1.45. The molecule has 82 valence electrons. The van der Waals surface area contributed by atoms with Crippen molar-refractivity contribution in [2.75, 3.05) is 5.32 Å². The van der Waals surface area contributed by atoms with Gasteiger partial charge >= 0.3 is 0 Å². The molecule has 1 aromatic carbocycles. The number of aromatic nitrogens is 2. The van der Waals surface area contributed by atoms with Crippen molar-refractivity contribution in [1.29, 1.82) is 0 Å².